The van der Waals surface area contributed by atoms with E-state index in [1.807, 2.05) is 0 Å². The van der Waals surface area contributed by atoms with Gasteiger partial charge < -0.3 is 5.73 Å². The molecule has 0 aromatic heterocycles. The van der Waals surface area contributed by atoms with Crippen LogP contribution in [0.2, 0.25) is 0 Å². The standard InChI is InChI=1S/C7H8FN3S/c8-5-3-1-2-4-6(5)10-11-7(9)12/h1-4,10H,(H3,9,11,12). The molecule has 0 heterocycles. The molecule has 0 radical (unpaired) electrons. The summed E-state index contributed by atoms with van der Waals surface area (Å²) in [6.07, 6.45) is 0. The van der Waals surface area contributed by atoms with Crippen LogP contribution >= 0.6 is 12.2 Å². The van der Waals surface area contributed by atoms with Crippen LogP contribution in [0, 0.1) is 5.82 Å². The molecule has 0 amide bonds. The van der Waals surface area contributed by atoms with E-state index in [0.717, 1.165) is 0 Å². The van der Waals surface area contributed by atoms with E-state index in [1.165, 1.54) is 6.07 Å². The summed E-state index contributed by atoms with van der Waals surface area (Å²) < 4.78 is 12.9. The van der Waals surface area contributed by atoms with Crippen LogP contribution in [0.3, 0.4) is 0 Å². The fraction of sp³-hybridized carbons (Fsp3) is 0. The van der Waals surface area contributed by atoms with Crippen molar-refractivity contribution >= 4 is 23.0 Å². The van der Waals surface area contributed by atoms with E-state index < -0.39 is 0 Å². The van der Waals surface area contributed by atoms with Crippen LogP contribution in [0.15, 0.2) is 24.3 Å². The van der Waals surface area contributed by atoms with Gasteiger partial charge in [-0.3, -0.25) is 10.9 Å². The Labute approximate surface area is 74.7 Å². The molecule has 1 aromatic rings. The van der Waals surface area contributed by atoms with Crippen molar-refractivity contribution in [2.24, 2.45) is 5.73 Å². The zero-order chi connectivity index (χ0) is 8.97. The lowest BCUT2D eigenvalue weighted by atomic mass is 10.3. The number of thiocarbonyl (C=S) groups is 1. The second kappa shape index (κ2) is 3.87. The van der Waals surface area contributed by atoms with Crippen LogP contribution in [0.25, 0.3) is 0 Å². The first-order chi connectivity index (χ1) is 5.70. The molecule has 5 heteroatoms. The first kappa shape index (κ1) is 8.73. The number of hydrogen-bond donors (Lipinski definition) is 3. The molecule has 0 saturated heterocycles. The number of para-hydroxylation sites is 1. The Hall–Kier alpha value is -1.36. The van der Waals surface area contributed by atoms with Crippen LogP contribution in [-0.2, 0) is 0 Å². The third-order valence-electron chi connectivity index (χ3n) is 1.19. The fourth-order valence-corrected chi connectivity index (χ4v) is 0.743. The van der Waals surface area contributed by atoms with Crippen LogP contribution in [0.5, 0.6) is 0 Å². The van der Waals surface area contributed by atoms with Gasteiger partial charge in [0.2, 0.25) is 0 Å². The highest BCUT2D eigenvalue weighted by Crippen LogP contribution is 2.10. The van der Waals surface area contributed by atoms with Crippen LogP contribution in [0.4, 0.5) is 10.1 Å². The van der Waals surface area contributed by atoms with E-state index in [-0.39, 0.29) is 10.9 Å². The van der Waals surface area contributed by atoms with Gasteiger partial charge in [-0.1, -0.05) is 12.1 Å². The lowest BCUT2D eigenvalue weighted by molar-refractivity contribution is 0.629. The van der Waals surface area contributed by atoms with E-state index in [4.69, 9.17) is 5.73 Å². The number of anilines is 1. The molecule has 0 bridgehead atoms. The zero-order valence-corrected chi connectivity index (χ0v) is 6.99. The molecule has 1 aromatic carbocycles. The number of halogens is 1. The Morgan fingerprint density at radius 2 is 2.08 bits per heavy atom. The third-order valence-corrected chi connectivity index (χ3v) is 1.30. The van der Waals surface area contributed by atoms with E-state index in [2.05, 4.69) is 23.1 Å². The van der Waals surface area contributed by atoms with Gasteiger partial charge in [0.1, 0.15) is 5.82 Å². The molecular weight excluding hydrogens is 177 g/mol. The molecule has 0 aliphatic carbocycles. The monoisotopic (exact) mass is 185 g/mol. The second-order valence-corrected chi connectivity index (χ2v) is 2.53. The Kier molecular flexibility index (Phi) is 2.82. The lowest BCUT2D eigenvalue weighted by Gasteiger charge is -2.07. The summed E-state index contributed by atoms with van der Waals surface area (Å²) in [7, 11) is 0. The summed E-state index contributed by atoms with van der Waals surface area (Å²) >= 11 is 4.52. The van der Waals surface area contributed by atoms with Crippen molar-refractivity contribution in [1.29, 1.82) is 0 Å². The largest absolute Gasteiger partial charge is 0.375 e. The average Bonchev–Trinajstić information content (AvgIpc) is 2.03. The van der Waals surface area contributed by atoms with Crippen molar-refractivity contribution in [3.05, 3.63) is 30.1 Å². The number of hydrogen-bond acceptors (Lipinski definition) is 2. The van der Waals surface area contributed by atoms with Crippen molar-refractivity contribution in [3.63, 3.8) is 0 Å². The van der Waals surface area contributed by atoms with Gasteiger partial charge in [0.15, 0.2) is 5.11 Å². The van der Waals surface area contributed by atoms with Gasteiger partial charge in [0, 0.05) is 0 Å². The minimum absolute atomic E-state index is 0.0678. The number of nitrogens with two attached hydrogens (primary N) is 1. The highest BCUT2D eigenvalue weighted by Gasteiger charge is 1.97. The highest BCUT2D eigenvalue weighted by atomic mass is 32.1. The maximum atomic E-state index is 12.9. The lowest BCUT2D eigenvalue weighted by Crippen LogP contribution is -2.34. The number of benzene rings is 1. The van der Waals surface area contributed by atoms with Crippen LogP contribution in [0.1, 0.15) is 0 Å². The number of nitrogens with one attached hydrogen (secondary N) is 2. The smallest absolute Gasteiger partial charge is 0.182 e. The summed E-state index contributed by atoms with van der Waals surface area (Å²) in [6.45, 7) is 0. The van der Waals surface area contributed by atoms with Gasteiger partial charge in [0.25, 0.3) is 0 Å². The number of hydrazine groups is 1. The van der Waals surface area contributed by atoms with Crippen LogP contribution in [-0.4, -0.2) is 5.11 Å². The predicted molar refractivity (Wildman–Crippen MR) is 49.9 cm³/mol. The van der Waals surface area contributed by atoms with E-state index in [9.17, 15) is 4.39 Å². The van der Waals surface area contributed by atoms with Gasteiger partial charge in [0.05, 0.1) is 5.69 Å². The van der Waals surface area contributed by atoms with Gasteiger partial charge >= 0.3 is 0 Å². The van der Waals surface area contributed by atoms with Gasteiger partial charge in [-0.15, -0.1) is 0 Å². The molecule has 0 saturated carbocycles. The predicted octanol–water partition coefficient (Wildman–Crippen LogP) is 0.986. The van der Waals surface area contributed by atoms with Gasteiger partial charge in [-0.2, -0.15) is 0 Å². The number of rotatable bonds is 2. The molecule has 0 spiro atoms. The van der Waals surface area contributed by atoms with Crippen molar-refractivity contribution in [2.75, 3.05) is 5.43 Å². The molecule has 64 valence electrons. The van der Waals surface area contributed by atoms with Crippen molar-refractivity contribution in [3.8, 4) is 0 Å². The van der Waals surface area contributed by atoms with Gasteiger partial charge in [-0.25, -0.2) is 4.39 Å². The zero-order valence-electron chi connectivity index (χ0n) is 6.17. The highest BCUT2D eigenvalue weighted by molar-refractivity contribution is 7.80. The normalized spacial score (nSPS) is 9.08. The molecule has 0 fully saturated rings. The summed E-state index contributed by atoms with van der Waals surface area (Å²) in [6, 6.07) is 6.21. The molecule has 1 rings (SSSR count). The maximum Gasteiger partial charge on any atom is 0.182 e. The summed E-state index contributed by atoms with van der Waals surface area (Å²) in [5.74, 6) is -0.360. The van der Waals surface area contributed by atoms with Gasteiger partial charge in [-0.05, 0) is 24.4 Å². The minimum Gasteiger partial charge on any atom is -0.375 e. The molecule has 0 aliphatic rings. The first-order valence-corrected chi connectivity index (χ1v) is 3.67. The molecular formula is C7H8FN3S. The van der Waals surface area contributed by atoms with E-state index in [0.29, 0.717) is 5.69 Å². The SMILES string of the molecule is NC(=S)NNc1ccccc1F. The minimum atomic E-state index is -0.360. The average molecular weight is 185 g/mol. The van der Waals surface area contributed by atoms with Crippen molar-refractivity contribution < 1.29 is 4.39 Å². The van der Waals surface area contributed by atoms with Crippen molar-refractivity contribution in [1.82, 2.24) is 5.43 Å². The fourth-order valence-electron chi connectivity index (χ4n) is 0.692. The Morgan fingerprint density at radius 1 is 1.42 bits per heavy atom. The second-order valence-electron chi connectivity index (χ2n) is 2.09. The molecule has 3 nitrogen and oxygen atoms in total. The third kappa shape index (κ3) is 2.35. The Balaban J connectivity index is 2.63. The summed E-state index contributed by atoms with van der Waals surface area (Å²) in [4.78, 5) is 0. The molecule has 0 unspecified atom stereocenters. The summed E-state index contributed by atoms with van der Waals surface area (Å²) in [5.41, 5.74) is 10.4. The maximum absolute atomic E-state index is 12.9. The topological polar surface area (TPSA) is 50.1 Å². The Bertz CT molecular complexity index is 290. The van der Waals surface area contributed by atoms with E-state index in [1.54, 1.807) is 18.2 Å². The quantitative estimate of drug-likeness (QED) is 0.475. The molecule has 12 heavy (non-hydrogen) atoms. The van der Waals surface area contributed by atoms with Crippen LogP contribution < -0.4 is 16.6 Å². The first-order valence-electron chi connectivity index (χ1n) is 3.26. The van der Waals surface area contributed by atoms with E-state index >= 15 is 0 Å². The van der Waals surface area contributed by atoms with Crippen molar-refractivity contribution in [2.45, 2.75) is 0 Å². The summed E-state index contributed by atoms with van der Waals surface area (Å²) in [5, 5.41) is 0.0678. The molecule has 4 N–H and O–H groups in total. The Morgan fingerprint density at radius 3 is 2.67 bits per heavy atom. The molecule has 0 aliphatic heterocycles. The molecule has 0 atom stereocenters.